The Morgan fingerprint density at radius 1 is 0.345 bits per heavy atom. The summed E-state index contributed by atoms with van der Waals surface area (Å²) < 4.78 is 13.6. The summed E-state index contributed by atoms with van der Waals surface area (Å²) in [5.74, 6) is 0. The first-order valence-electron chi connectivity index (χ1n) is 18.7. The molecule has 2 heterocycles. The van der Waals surface area contributed by atoms with Crippen LogP contribution in [0.1, 0.15) is 0 Å². The van der Waals surface area contributed by atoms with Gasteiger partial charge in [0.1, 0.15) is 16.7 Å². The van der Waals surface area contributed by atoms with Crippen LogP contribution in [-0.2, 0) is 0 Å². The van der Waals surface area contributed by atoms with Gasteiger partial charge in [-0.2, -0.15) is 0 Å². The van der Waals surface area contributed by atoms with Crippen LogP contribution in [0.3, 0.4) is 0 Å². The SMILES string of the molecule is c1ccc(-c2cc(-c3ccccc3)c3c(oc4ccccc43)c2N(c2ccc(-c3ccc4ccccc4c3)cc2)c2cccc3oc4ccccc4c23)cc1. The maximum Gasteiger partial charge on any atom is 0.160 e. The van der Waals surface area contributed by atoms with Gasteiger partial charge in [0.15, 0.2) is 5.58 Å². The summed E-state index contributed by atoms with van der Waals surface area (Å²) in [4.78, 5) is 2.39. The van der Waals surface area contributed by atoms with Crippen molar-refractivity contribution in [2.75, 3.05) is 4.90 Å². The van der Waals surface area contributed by atoms with Gasteiger partial charge in [0.25, 0.3) is 0 Å². The molecule has 11 aromatic rings. The van der Waals surface area contributed by atoms with E-state index in [2.05, 4.69) is 187 Å². The highest BCUT2D eigenvalue weighted by Gasteiger charge is 2.28. The average Bonchev–Trinajstić information content (AvgIpc) is 3.84. The number of benzene rings is 9. The Labute approximate surface area is 317 Å². The molecule has 0 N–H and O–H groups in total. The van der Waals surface area contributed by atoms with Gasteiger partial charge in [-0.3, -0.25) is 0 Å². The molecule has 0 unspecified atom stereocenters. The molecule has 0 amide bonds. The number of hydrogen-bond acceptors (Lipinski definition) is 3. The van der Waals surface area contributed by atoms with Crippen molar-refractivity contribution >= 4 is 71.7 Å². The molecule has 0 aliphatic rings. The second-order valence-electron chi connectivity index (χ2n) is 14.0. The van der Waals surface area contributed by atoms with Crippen LogP contribution < -0.4 is 4.90 Å². The van der Waals surface area contributed by atoms with Gasteiger partial charge in [-0.15, -0.1) is 0 Å². The van der Waals surface area contributed by atoms with E-state index < -0.39 is 0 Å². The van der Waals surface area contributed by atoms with Crippen molar-refractivity contribution in [2.24, 2.45) is 0 Å². The Morgan fingerprint density at radius 3 is 1.67 bits per heavy atom. The third-order valence-electron chi connectivity index (χ3n) is 10.8. The zero-order valence-electron chi connectivity index (χ0n) is 29.8. The highest BCUT2D eigenvalue weighted by atomic mass is 16.3. The summed E-state index contributed by atoms with van der Waals surface area (Å²) in [6.07, 6.45) is 0. The number of fused-ring (bicyclic) bond motifs is 7. The molecule has 3 nitrogen and oxygen atoms in total. The minimum absolute atomic E-state index is 0.824. The van der Waals surface area contributed by atoms with E-state index in [0.29, 0.717) is 0 Å². The summed E-state index contributed by atoms with van der Waals surface area (Å²) in [6.45, 7) is 0. The van der Waals surface area contributed by atoms with Crippen LogP contribution in [0, 0.1) is 0 Å². The molecule has 0 aliphatic heterocycles. The maximum atomic E-state index is 7.08. The molecule has 0 radical (unpaired) electrons. The zero-order valence-corrected chi connectivity index (χ0v) is 29.8. The summed E-state index contributed by atoms with van der Waals surface area (Å²) in [5, 5.41) is 6.73. The van der Waals surface area contributed by atoms with Crippen molar-refractivity contribution in [1.29, 1.82) is 0 Å². The van der Waals surface area contributed by atoms with Crippen LogP contribution >= 0.6 is 0 Å². The lowest BCUT2D eigenvalue weighted by Crippen LogP contribution is -2.12. The predicted molar refractivity (Wildman–Crippen MR) is 229 cm³/mol. The molecule has 258 valence electrons. The summed E-state index contributed by atoms with van der Waals surface area (Å²) in [6, 6.07) is 70.9. The summed E-state index contributed by atoms with van der Waals surface area (Å²) in [5.41, 5.74) is 13.1. The van der Waals surface area contributed by atoms with E-state index in [4.69, 9.17) is 8.83 Å². The summed E-state index contributed by atoms with van der Waals surface area (Å²) >= 11 is 0. The number of para-hydroxylation sites is 2. The van der Waals surface area contributed by atoms with Crippen LogP contribution in [-0.4, -0.2) is 0 Å². The quantitative estimate of drug-likeness (QED) is 0.173. The van der Waals surface area contributed by atoms with E-state index >= 15 is 0 Å². The van der Waals surface area contributed by atoms with E-state index in [0.717, 1.165) is 88.8 Å². The number of rotatable bonds is 6. The fourth-order valence-corrected chi connectivity index (χ4v) is 8.29. The van der Waals surface area contributed by atoms with Crippen molar-refractivity contribution in [3.63, 3.8) is 0 Å². The van der Waals surface area contributed by atoms with Gasteiger partial charge in [-0.1, -0.05) is 152 Å². The van der Waals surface area contributed by atoms with E-state index in [1.807, 2.05) is 18.2 Å². The minimum atomic E-state index is 0.824. The Morgan fingerprint density at radius 2 is 0.927 bits per heavy atom. The molecule has 3 heteroatoms. The van der Waals surface area contributed by atoms with Crippen LogP contribution in [0.2, 0.25) is 0 Å². The molecule has 0 saturated carbocycles. The lowest BCUT2D eigenvalue weighted by Gasteiger charge is -2.29. The largest absolute Gasteiger partial charge is 0.456 e. The van der Waals surface area contributed by atoms with E-state index in [-0.39, 0.29) is 0 Å². The molecule has 0 atom stereocenters. The lowest BCUT2D eigenvalue weighted by molar-refractivity contribution is 0.668. The van der Waals surface area contributed by atoms with Crippen molar-refractivity contribution in [2.45, 2.75) is 0 Å². The molecule has 0 bridgehead atoms. The van der Waals surface area contributed by atoms with Crippen molar-refractivity contribution in [3.05, 3.63) is 200 Å². The van der Waals surface area contributed by atoms with Crippen molar-refractivity contribution < 1.29 is 8.83 Å². The monoisotopic (exact) mass is 703 g/mol. The molecule has 55 heavy (non-hydrogen) atoms. The normalized spacial score (nSPS) is 11.6. The van der Waals surface area contributed by atoms with Gasteiger partial charge in [-0.05, 0) is 87.1 Å². The Kier molecular flexibility index (Phi) is 7.17. The molecule has 0 spiro atoms. The van der Waals surface area contributed by atoms with Gasteiger partial charge in [0.05, 0.1) is 16.8 Å². The topological polar surface area (TPSA) is 29.5 Å². The Bertz CT molecular complexity index is 3190. The van der Waals surface area contributed by atoms with Crippen LogP contribution in [0.5, 0.6) is 0 Å². The predicted octanol–water partition coefficient (Wildman–Crippen LogP) is 15.1. The second kappa shape index (κ2) is 12.6. The first-order valence-corrected chi connectivity index (χ1v) is 18.7. The van der Waals surface area contributed by atoms with Gasteiger partial charge < -0.3 is 13.7 Å². The minimum Gasteiger partial charge on any atom is -0.456 e. The Hall–Kier alpha value is -7.36. The van der Waals surface area contributed by atoms with Crippen LogP contribution in [0.4, 0.5) is 17.1 Å². The maximum absolute atomic E-state index is 7.08. The molecule has 0 fully saturated rings. The highest BCUT2D eigenvalue weighted by molar-refractivity contribution is 6.21. The molecular formula is C52H33NO2. The number of furan rings is 2. The van der Waals surface area contributed by atoms with Crippen LogP contribution in [0.15, 0.2) is 209 Å². The van der Waals surface area contributed by atoms with E-state index in [9.17, 15) is 0 Å². The fraction of sp³-hybridized carbons (Fsp3) is 0. The fourth-order valence-electron chi connectivity index (χ4n) is 8.29. The van der Waals surface area contributed by atoms with Gasteiger partial charge in [0.2, 0.25) is 0 Å². The lowest BCUT2D eigenvalue weighted by atomic mass is 9.91. The number of hydrogen-bond donors (Lipinski definition) is 0. The first kappa shape index (κ1) is 31.2. The van der Waals surface area contributed by atoms with Gasteiger partial charge in [0, 0.05) is 27.4 Å². The first-order chi connectivity index (χ1) is 27.3. The van der Waals surface area contributed by atoms with Gasteiger partial charge >= 0.3 is 0 Å². The van der Waals surface area contributed by atoms with Gasteiger partial charge in [-0.25, -0.2) is 0 Å². The number of nitrogens with zero attached hydrogens (tertiary/aromatic N) is 1. The molecule has 9 aromatic carbocycles. The second-order valence-corrected chi connectivity index (χ2v) is 14.0. The smallest absolute Gasteiger partial charge is 0.160 e. The van der Waals surface area contributed by atoms with Crippen molar-refractivity contribution in [3.8, 4) is 33.4 Å². The molecule has 0 saturated heterocycles. The number of anilines is 3. The zero-order chi connectivity index (χ0) is 36.3. The van der Waals surface area contributed by atoms with Crippen LogP contribution in [0.25, 0.3) is 88.0 Å². The van der Waals surface area contributed by atoms with E-state index in [1.165, 1.54) is 16.3 Å². The molecule has 0 aliphatic carbocycles. The highest BCUT2D eigenvalue weighted by Crippen LogP contribution is 2.52. The van der Waals surface area contributed by atoms with E-state index in [1.54, 1.807) is 0 Å². The molecule has 2 aromatic heterocycles. The standard InChI is InChI=1S/C52H33NO2/c1-3-15-36(16-4-1)43-33-44(37-17-5-2-6-18-37)51(52-49(43)41-20-9-12-24-47(41)55-52)53(45-22-13-25-48-50(45)42-21-10-11-23-46(42)54-48)40-30-28-35(29-31-40)39-27-26-34-14-7-8-19-38(34)32-39/h1-33H. The summed E-state index contributed by atoms with van der Waals surface area (Å²) in [7, 11) is 0. The third kappa shape index (κ3) is 5.13. The third-order valence-corrected chi connectivity index (χ3v) is 10.8. The Balaban J connectivity index is 1.25. The molecular weight excluding hydrogens is 671 g/mol. The average molecular weight is 704 g/mol. The molecule has 11 rings (SSSR count). The van der Waals surface area contributed by atoms with Crippen molar-refractivity contribution in [1.82, 2.24) is 0 Å².